The van der Waals surface area contributed by atoms with E-state index in [-0.39, 0.29) is 0 Å². The Balaban J connectivity index is 2.13. The van der Waals surface area contributed by atoms with E-state index >= 15 is 0 Å². The second-order valence-electron chi connectivity index (χ2n) is 3.84. The highest BCUT2D eigenvalue weighted by Gasteiger charge is 2.12. The third-order valence-electron chi connectivity index (χ3n) is 2.48. The maximum atomic E-state index is 11.6. The Labute approximate surface area is 110 Å². The lowest BCUT2D eigenvalue weighted by Gasteiger charge is -2.09. The minimum atomic E-state index is -0.422. The van der Waals surface area contributed by atoms with Crippen LogP contribution in [-0.4, -0.2) is 28.0 Å². The van der Waals surface area contributed by atoms with Gasteiger partial charge in [0.15, 0.2) is 0 Å². The largest absolute Gasteiger partial charge is 0.465 e. The van der Waals surface area contributed by atoms with Crippen LogP contribution in [-0.2, 0) is 11.3 Å². The third kappa shape index (κ3) is 3.25. The standard InChI is InChI=1S/C13H14N4O2/c1-9-14-7-5-10(17-9)8-16-12-11(13(18)19-2)4-3-6-15-12/h3-7H,8H2,1-2H3,(H,15,16). The third-order valence-corrected chi connectivity index (χ3v) is 2.48. The highest BCUT2D eigenvalue weighted by atomic mass is 16.5. The lowest BCUT2D eigenvalue weighted by atomic mass is 10.2. The molecule has 0 unspecified atom stereocenters. The quantitative estimate of drug-likeness (QED) is 0.839. The first-order valence-corrected chi connectivity index (χ1v) is 5.76. The Morgan fingerprint density at radius 3 is 2.89 bits per heavy atom. The molecule has 0 aliphatic rings. The van der Waals surface area contributed by atoms with Gasteiger partial charge in [-0.25, -0.2) is 19.7 Å². The molecular formula is C13H14N4O2. The summed E-state index contributed by atoms with van der Waals surface area (Å²) >= 11 is 0. The molecule has 2 heterocycles. The molecule has 0 aliphatic carbocycles. The molecule has 0 aromatic carbocycles. The Morgan fingerprint density at radius 2 is 2.16 bits per heavy atom. The van der Waals surface area contributed by atoms with Crippen molar-refractivity contribution < 1.29 is 9.53 Å². The van der Waals surface area contributed by atoms with Crippen molar-refractivity contribution in [1.29, 1.82) is 0 Å². The van der Waals surface area contributed by atoms with Crippen molar-refractivity contribution in [2.24, 2.45) is 0 Å². The van der Waals surface area contributed by atoms with Gasteiger partial charge >= 0.3 is 5.97 Å². The highest BCUT2D eigenvalue weighted by Crippen LogP contribution is 2.13. The zero-order valence-corrected chi connectivity index (χ0v) is 10.8. The number of carbonyl (C=O) groups is 1. The second-order valence-corrected chi connectivity index (χ2v) is 3.84. The number of hydrogen-bond acceptors (Lipinski definition) is 6. The molecule has 19 heavy (non-hydrogen) atoms. The molecule has 98 valence electrons. The zero-order valence-electron chi connectivity index (χ0n) is 10.8. The van der Waals surface area contributed by atoms with Gasteiger partial charge in [0.2, 0.25) is 0 Å². The van der Waals surface area contributed by atoms with Gasteiger partial charge in [-0.1, -0.05) is 0 Å². The molecule has 0 atom stereocenters. The molecule has 6 nitrogen and oxygen atoms in total. The van der Waals surface area contributed by atoms with E-state index in [1.165, 1.54) is 7.11 Å². The Hall–Kier alpha value is -2.50. The highest BCUT2D eigenvalue weighted by molar-refractivity contribution is 5.94. The summed E-state index contributed by atoms with van der Waals surface area (Å²) in [6, 6.07) is 5.15. The number of esters is 1. The van der Waals surface area contributed by atoms with E-state index in [1.54, 1.807) is 30.6 Å². The van der Waals surface area contributed by atoms with Gasteiger partial charge in [-0.15, -0.1) is 0 Å². The summed E-state index contributed by atoms with van der Waals surface area (Å²) in [6.45, 7) is 2.29. The molecule has 0 saturated heterocycles. The number of methoxy groups -OCH3 is 1. The first-order chi connectivity index (χ1) is 9.20. The van der Waals surface area contributed by atoms with Crippen molar-refractivity contribution >= 4 is 11.8 Å². The molecule has 0 bridgehead atoms. The number of aryl methyl sites for hydroxylation is 1. The predicted octanol–water partition coefficient (Wildman–Crippen LogP) is 1.58. The molecule has 1 N–H and O–H groups in total. The maximum Gasteiger partial charge on any atom is 0.341 e. The number of hydrogen-bond donors (Lipinski definition) is 1. The number of aromatic nitrogens is 3. The predicted molar refractivity (Wildman–Crippen MR) is 69.7 cm³/mol. The fourth-order valence-electron chi connectivity index (χ4n) is 1.60. The van der Waals surface area contributed by atoms with Crippen LogP contribution < -0.4 is 5.32 Å². The Bertz CT molecular complexity index is 586. The molecule has 2 aromatic heterocycles. The van der Waals surface area contributed by atoms with Gasteiger partial charge in [-0.05, 0) is 25.1 Å². The van der Waals surface area contributed by atoms with E-state index in [2.05, 4.69) is 20.3 Å². The summed E-state index contributed by atoms with van der Waals surface area (Å²) in [5.41, 5.74) is 1.23. The second kappa shape index (κ2) is 5.90. The number of carbonyl (C=O) groups excluding carboxylic acids is 1. The van der Waals surface area contributed by atoms with E-state index in [9.17, 15) is 4.79 Å². The van der Waals surface area contributed by atoms with Crippen molar-refractivity contribution in [3.05, 3.63) is 47.7 Å². The molecule has 0 radical (unpaired) electrons. The number of nitrogens with zero attached hydrogens (tertiary/aromatic N) is 3. The van der Waals surface area contributed by atoms with Crippen LogP contribution >= 0.6 is 0 Å². The van der Waals surface area contributed by atoms with Crippen LogP contribution in [0.1, 0.15) is 21.9 Å². The van der Waals surface area contributed by atoms with Gasteiger partial charge in [0.1, 0.15) is 17.2 Å². The average molecular weight is 258 g/mol. The Morgan fingerprint density at radius 1 is 1.32 bits per heavy atom. The normalized spacial score (nSPS) is 10.0. The summed E-state index contributed by atoms with van der Waals surface area (Å²) in [7, 11) is 1.34. The zero-order chi connectivity index (χ0) is 13.7. The molecule has 0 spiro atoms. The summed E-state index contributed by atoms with van der Waals surface area (Å²) in [5, 5.41) is 3.07. The minimum Gasteiger partial charge on any atom is -0.465 e. The van der Waals surface area contributed by atoms with E-state index in [4.69, 9.17) is 4.74 Å². The van der Waals surface area contributed by atoms with Crippen molar-refractivity contribution in [2.45, 2.75) is 13.5 Å². The van der Waals surface area contributed by atoms with Crippen LogP contribution in [0.4, 0.5) is 5.82 Å². The van der Waals surface area contributed by atoms with E-state index in [1.807, 2.05) is 6.92 Å². The van der Waals surface area contributed by atoms with E-state index in [0.29, 0.717) is 23.8 Å². The molecule has 2 rings (SSSR count). The van der Waals surface area contributed by atoms with Crippen molar-refractivity contribution in [2.75, 3.05) is 12.4 Å². The summed E-state index contributed by atoms with van der Waals surface area (Å²) in [5.74, 6) is 0.758. The van der Waals surface area contributed by atoms with E-state index < -0.39 is 5.97 Å². The fourth-order valence-corrected chi connectivity index (χ4v) is 1.60. The van der Waals surface area contributed by atoms with Crippen LogP contribution in [0.25, 0.3) is 0 Å². The number of anilines is 1. The molecule has 2 aromatic rings. The van der Waals surface area contributed by atoms with Gasteiger partial charge in [0.05, 0.1) is 19.3 Å². The smallest absolute Gasteiger partial charge is 0.341 e. The Kier molecular flexibility index (Phi) is 4.02. The summed E-state index contributed by atoms with van der Waals surface area (Å²) in [4.78, 5) is 24.0. The molecule has 6 heteroatoms. The first kappa shape index (κ1) is 12.9. The van der Waals surface area contributed by atoms with Crippen molar-refractivity contribution in [3.8, 4) is 0 Å². The monoisotopic (exact) mass is 258 g/mol. The van der Waals surface area contributed by atoms with Gasteiger partial charge in [0, 0.05) is 12.4 Å². The van der Waals surface area contributed by atoms with Crippen molar-refractivity contribution in [1.82, 2.24) is 15.0 Å². The number of rotatable bonds is 4. The van der Waals surface area contributed by atoms with Crippen molar-refractivity contribution in [3.63, 3.8) is 0 Å². The molecule has 0 amide bonds. The van der Waals surface area contributed by atoms with Crippen LogP contribution in [0.5, 0.6) is 0 Å². The number of ether oxygens (including phenoxy) is 1. The SMILES string of the molecule is COC(=O)c1cccnc1NCc1ccnc(C)n1. The molecular weight excluding hydrogens is 244 g/mol. The fraction of sp³-hybridized carbons (Fsp3) is 0.231. The van der Waals surface area contributed by atoms with Crippen LogP contribution in [0.2, 0.25) is 0 Å². The van der Waals surface area contributed by atoms with Crippen LogP contribution in [0.15, 0.2) is 30.6 Å². The van der Waals surface area contributed by atoms with E-state index in [0.717, 1.165) is 5.69 Å². The number of pyridine rings is 1. The lowest BCUT2D eigenvalue weighted by Crippen LogP contribution is -2.10. The topological polar surface area (TPSA) is 77.0 Å². The summed E-state index contributed by atoms with van der Waals surface area (Å²) in [6.07, 6.45) is 3.30. The average Bonchev–Trinajstić information content (AvgIpc) is 2.45. The van der Waals surface area contributed by atoms with Crippen LogP contribution in [0, 0.1) is 6.92 Å². The van der Waals surface area contributed by atoms with Crippen LogP contribution in [0.3, 0.4) is 0 Å². The first-order valence-electron chi connectivity index (χ1n) is 5.76. The van der Waals surface area contributed by atoms with Gasteiger partial charge in [0.25, 0.3) is 0 Å². The number of nitrogens with one attached hydrogen (secondary N) is 1. The minimum absolute atomic E-state index is 0.399. The molecule has 0 fully saturated rings. The molecule has 0 aliphatic heterocycles. The van der Waals surface area contributed by atoms with Gasteiger partial charge in [-0.2, -0.15) is 0 Å². The van der Waals surface area contributed by atoms with Gasteiger partial charge < -0.3 is 10.1 Å². The lowest BCUT2D eigenvalue weighted by molar-refractivity contribution is 0.0601. The van der Waals surface area contributed by atoms with Gasteiger partial charge in [-0.3, -0.25) is 0 Å². The summed E-state index contributed by atoms with van der Waals surface area (Å²) < 4.78 is 4.70. The maximum absolute atomic E-state index is 11.6. The molecule has 0 saturated carbocycles.